The van der Waals surface area contributed by atoms with E-state index in [1.807, 2.05) is 6.92 Å². The van der Waals surface area contributed by atoms with E-state index in [9.17, 15) is 4.79 Å². The maximum absolute atomic E-state index is 10.9. The van der Waals surface area contributed by atoms with Crippen LogP contribution in [0.3, 0.4) is 0 Å². The summed E-state index contributed by atoms with van der Waals surface area (Å²) in [5.41, 5.74) is 0.193. The SMILES string of the molecule is Cc1sc(N2CCC(N(C)C)C2)nc1C(=O)O. The van der Waals surface area contributed by atoms with Crippen LogP contribution >= 0.6 is 11.3 Å². The van der Waals surface area contributed by atoms with Crippen LogP contribution in [0, 0.1) is 6.92 Å². The van der Waals surface area contributed by atoms with Crippen molar-refractivity contribution in [2.24, 2.45) is 0 Å². The minimum Gasteiger partial charge on any atom is -0.476 e. The number of nitrogens with zero attached hydrogens (tertiary/aromatic N) is 3. The molecule has 1 unspecified atom stereocenters. The van der Waals surface area contributed by atoms with Crippen LogP contribution in [0.15, 0.2) is 0 Å². The van der Waals surface area contributed by atoms with Crippen molar-refractivity contribution < 1.29 is 9.90 Å². The van der Waals surface area contributed by atoms with Crippen LogP contribution in [0.25, 0.3) is 0 Å². The van der Waals surface area contributed by atoms with Crippen LogP contribution in [0.1, 0.15) is 21.8 Å². The monoisotopic (exact) mass is 255 g/mol. The normalized spacial score (nSPS) is 20.2. The fraction of sp³-hybridized carbons (Fsp3) is 0.636. The van der Waals surface area contributed by atoms with Gasteiger partial charge < -0.3 is 14.9 Å². The molecule has 0 bridgehead atoms. The molecule has 1 atom stereocenters. The van der Waals surface area contributed by atoms with Crippen LogP contribution in [0.4, 0.5) is 5.13 Å². The van der Waals surface area contributed by atoms with Crippen LogP contribution in [0.2, 0.25) is 0 Å². The van der Waals surface area contributed by atoms with Crippen molar-refractivity contribution in [2.45, 2.75) is 19.4 Å². The number of thiazole rings is 1. The van der Waals surface area contributed by atoms with Gasteiger partial charge in [0.1, 0.15) is 0 Å². The van der Waals surface area contributed by atoms with Crippen molar-refractivity contribution in [3.63, 3.8) is 0 Å². The zero-order valence-electron chi connectivity index (χ0n) is 10.3. The van der Waals surface area contributed by atoms with Gasteiger partial charge in [0.05, 0.1) is 0 Å². The van der Waals surface area contributed by atoms with Crippen molar-refractivity contribution in [3.8, 4) is 0 Å². The number of likely N-dealkylation sites (N-methyl/N-ethyl adjacent to an activating group) is 1. The fourth-order valence-corrected chi connectivity index (χ4v) is 2.99. The summed E-state index contributed by atoms with van der Waals surface area (Å²) < 4.78 is 0. The summed E-state index contributed by atoms with van der Waals surface area (Å²) in [6.45, 7) is 3.69. The number of aromatic carboxylic acids is 1. The quantitative estimate of drug-likeness (QED) is 0.882. The molecule has 1 saturated heterocycles. The molecule has 0 radical (unpaired) electrons. The Labute approximate surface area is 105 Å². The molecule has 2 rings (SSSR count). The molecule has 5 nitrogen and oxygen atoms in total. The van der Waals surface area contributed by atoms with Crippen molar-refractivity contribution in [1.29, 1.82) is 0 Å². The molecule has 0 spiro atoms. The maximum atomic E-state index is 10.9. The molecule has 94 valence electrons. The van der Waals surface area contributed by atoms with Gasteiger partial charge in [0.15, 0.2) is 10.8 Å². The van der Waals surface area contributed by atoms with Gasteiger partial charge in [-0.3, -0.25) is 0 Å². The number of carboxylic acids is 1. The molecule has 1 aliphatic rings. The Kier molecular flexibility index (Phi) is 3.35. The molecule has 1 N–H and O–H groups in total. The molecule has 0 saturated carbocycles. The van der Waals surface area contributed by atoms with Gasteiger partial charge in [-0.15, -0.1) is 11.3 Å². The van der Waals surface area contributed by atoms with E-state index in [1.54, 1.807) is 0 Å². The number of hydrogen-bond acceptors (Lipinski definition) is 5. The third-order valence-corrected chi connectivity index (χ3v) is 4.18. The molecule has 2 heterocycles. The second-order valence-electron chi connectivity index (χ2n) is 4.56. The first kappa shape index (κ1) is 12.3. The third kappa shape index (κ3) is 2.42. The molecule has 0 aliphatic carbocycles. The van der Waals surface area contributed by atoms with E-state index in [2.05, 4.69) is 28.9 Å². The Balaban J connectivity index is 2.14. The summed E-state index contributed by atoms with van der Waals surface area (Å²) in [4.78, 5) is 20.3. The molecule has 1 fully saturated rings. The van der Waals surface area contributed by atoms with Gasteiger partial charge >= 0.3 is 5.97 Å². The van der Waals surface area contributed by atoms with Gasteiger partial charge in [0.25, 0.3) is 0 Å². The third-order valence-electron chi connectivity index (χ3n) is 3.15. The summed E-state index contributed by atoms with van der Waals surface area (Å²) in [7, 11) is 4.15. The largest absolute Gasteiger partial charge is 0.476 e. The lowest BCUT2D eigenvalue weighted by atomic mass is 10.2. The standard InChI is InChI=1S/C11H17N3O2S/c1-7-9(10(15)16)12-11(17-7)14-5-4-8(6-14)13(2)3/h8H,4-6H2,1-3H3,(H,15,16). The van der Waals surface area contributed by atoms with Crippen molar-refractivity contribution >= 4 is 22.4 Å². The van der Waals surface area contributed by atoms with Gasteiger partial charge in [0, 0.05) is 24.0 Å². The van der Waals surface area contributed by atoms with E-state index in [0.29, 0.717) is 6.04 Å². The number of anilines is 1. The predicted molar refractivity (Wildman–Crippen MR) is 68.1 cm³/mol. The van der Waals surface area contributed by atoms with E-state index in [-0.39, 0.29) is 5.69 Å². The molecule has 6 heteroatoms. The van der Waals surface area contributed by atoms with Crippen LogP contribution < -0.4 is 4.90 Å². The maximum Gasteiger partial charge on any atom is 0.355 e. The summed E-state index contributed by atoms with van der Waals surface area (Å²) in [6.07, 6.45) is 1.11. The van der Waals surface area contributed by atoms with Gasteiger partial charge in [-0.1, -0.05) is 0 Å². The topological polar surface area (TPSA) is 56.7 Å². The van der Waals surface area contributed by atoms with Crippen LogP contribution in [0.5, 0.6) is 0 Å². The van der Waals surface area contributed by atoms with Gasteiger partial charge in [-0.2, -0.15) is 0 Å². The minimum absolute atomic E-state index is 0.193. The first-order valence-electron chi connectivity index (χ1n) is 5.61. The predicted octanol–water partition coefficient (Wildman–Crippen LogP) is 1.29. The van der Waals surface area contributed by atoms with Gasteiger partial charge in [-0.05, 0) is 27.4 Å². The highest BCUT2D eigenvalue weighted by Gasteiger charge is 2.27. The summed E-state index contributed by atoms with van der Waals surface area (Å²) >= 11 is 1.47. The molecular weight excluding hydrogens is 238 g/mol. The van der Waals surface area contributed by atoms with Gasteiger partial charge in [-0.25, -0.2) is 9.78 Å². The van der Waals surface area contributed by atoms with E-state index >= 15 is 0 Å². The van der Waals surface area contributed by atoms with E-state index < -0.39 is 5.97 Å². The first-order chi connectivity index (χ1) is 7.99. The molecule has 1 aromatic rings. The molecule has 1 aromatic heterocycles. The summed E-state index contributed by atoms with van der Waals surface area (Å²) in [5, 5.41) is 9.82. The zero-order chi connectivity index (χ0) is 12.6. The number of aromatic nitrogens is 1. The zero-order valence-corrected chi connectivity index (χ0v) is 11.1. The lowest BCUT2D eigenvalue weighted by Gasteiger charge is -2.19. The Bertz CT molecular complexity index is 430. The molecule has 1 aliphatic heterocycles. The Morgan fingerprint density at radius 2 is 2.29 bits per heavy atom. The lowest BCUT2D eigenvalue weighted by molar-refractivity contribution is 0.0690. The van der Waals surface area contributed by atoms with Gasteiger partial charge in [0.2, 0.25) is 0 Å². The number of carboxylic acid groups (broad SMARTS) is 1. The second-order valence-corrected chi connectivity index (χ2v) is 5.74. The van der Waals surface area contributed by atoms with Crippen LogP contribution in [-0.2, 0) is 0 Å². The van der Waals surface area contributed by atoms with E-state index in [1.165, 1.54) is 11.3 Å². The highest BCUT2D eigenvalue weighted by atomic mass is 32.1. The average molecular weight is 255 g/mol. The van der Waals surface area contributed by atoms with Crippen molar-refractivity contribution in [1.82, 2.24) is 9.88 Å². The highest BCUT2D eigenvalue weighted by Crippen LogP contribution is 2.29. The summed E-state index contributed by atoms with van der Waals surface area (Å²) in [5.74, 6) is -0.937. The lowest BCUT2D eigenvalue weighted by Crippen LogP contribution is -2.31. The van der Waals surface area contributed by atoms with E-state index in [0.717, 1.165) is 29.5 Å². The fourth-order valence-electron chi connectivity index (χ4n) is 2.05. The summed E-state index contributed by atoms with van der Waals surface area (Å²) in [6, 6.07) is 0.535. The smallest absolute Gasteiger partial charge is 0.355 e. The molecule has 17 heavy (non-hydrogen) atoms. The average Bonchev–Trinajstić information content (AvgIpc) is 2.82. The number of rotatable bonds is 3. The van der Waals surface area contributed by atoms with Crippen molar-refractivity contribution in [3.05, 3.63) is 10.6 Å². The van der Waals surface area contributed by atoms with Crippen molar-refractivity contribution in [2.75, 3.05) is 32.1 Å². The second kappa shape index (κ2) is 4.62. The number of carbonyl (C=O) groups is 1. The Morgan fingerprint density at radius 3 is 2.76 bits per heavy atom. The molecular formula is C11H17N3O2S. The molecule has 0 aromatic carbocycles. The minimum atomic E-state index is -0.937. The number of aryl methyl sites for hydroxylation is 1. The Morgan fingerprint density at radius 1 is 1.59 bits per heavy atom. The highest BCUT2D eigenvalue weighted by molar-refractivity contribution is 7.15. The molecule has 0 amide bonds. The van der Waals surface area contributed by atoms with Crippen LogP contribution in [-0.4, -0.2) is 54.2 Å². The first-order valence-corrected chi connectivity index (χ1v) is 6.42. The number of hydrogen-bond donors (Lipinski definition) is 1. The van der Waals surface area contributed by atoms with E-state index in [4.69, 9.17) is 5.11 Å². The Hall–Kier alpha value is -1.14.